The monoisotopic (exact) mass is 7510 g/mol. The van der Waals surface area contributed by atoms with E-state index in [0.717, 1.165) is 0 Å². The van der Waals surface area contributed by atoms with Gasteiger partial charge in [0, 0.05) is 269 Å². The Labute approximate surface area is 1330 Å². The van der Waals surface area contributed by atoms with Gasteiger partial charge in [0.05, 0.1) is 0 Å². The molecule has 0 fully saturated rings. The Bertz CT molecular complexity index is 892. The van der Waals surface area contributed by atoms with Crippen molar-refractivity contribution in [3.8, 4) is 0 Å². The number of hydrogen-bond donors (Lipinski definition) is 0. The van der Waals surface area contributed by atoms with Crippen molar-refractivity contribution in [3.63, 3.8) is 0 Å². The van der Waals surface area contributed by atoms with Crippen LogP contribution >= 0.6 is 0 Å². The summed E-state index contributed by atoms with van der Waals surface area (Å²) in [5.74, 6) is 0. The maximum Gasteiger partial charge on any atom is 1.00 e. The minimum Gasteiger partial charge on any atom is -0.787 e. The molecule has 0 rings (SSSR count). The van der Waals surface area contributed by atoms with Crippen molar-refractivity contribution in [1.82, 2.24) is 0 Å². The standard InChI is InChI=1S/18C4H10S.30Au/c18*1-4(2,3)5;;;;;;;;;;;;;;;;;;;;;;;;;;;;;;/h18*5H,1-3H3;;;;;;;;;;;;;;;;;;;;;;;;;;;;;;/q;;;;;;;;;;;;;;;;;;;;;;;;;;;;;;18*+1/p-18. The van der Waals surface area contributed by atoms with Crippen molar-refractivity contribution < 1.29 is 671 Å². The minimum atomic E-state index is 0. The van der Waals surface area contributed by atoms with E-state index in [9.17, 15) is 0 Å². The molecule has 120 heavy (non-hydrogen) atoms. The van der Waals surface area contributed by atoms with Gasteiger partial charge in [0.15, 0.2) is 0 Å². The van der Waals surface area contributed by atoms with E-state index in [0.29, 0.717) is 0 Å². The van der Waals surface area contributed by atoms with Crippen molar-refractivity contribution in [2.75, 3.05) is 0 Å². The Kier molecular flexibility index (Phi) is 453. The molecule has 0 heterocycles. The molecule has 0 saturated heterocycles. The van der Waals surface area contributed by atoms with Gasteiger partial charge in [-0.1, -0.05) is 374 Å². The third-order valence-electron chi connectivity index (χ3n) is 0. The van der Waals surface area contributed by atoms with Crippen LogP contribution in [-0.2, 0) is 899 Å². The van der Waals surface area contributed by atoms with Crippen molar-refractivity contribution in [1.29, 1.82) is 0 Å². The Hall–Kier alpha value is 28.5. The molecule has 0 aliphatic heterocycles. The van der Waals surface area contributed by atoms with E-state index in [4.69, 9.17) is 227 Å². The normalized spacial score (nSPS) is 9.00. The van der Waals surface area contributed by atoms with Crippen molar-refractivity contribution in [2.24, 2.45) is 0 Å². The van der Waals surface area contributed by atoms with E-state index in [2.05, 4.69) is 0 Å². The summed E-state index contributed by atoms with van der Waals surface area (Å²) < 4.78 is 1.50. The molecule has 0 nitrogen and oxygen atoms in total. The molecule has 0 unspecified atom stereocenters. The first kappa shape index (κ1) is 320. The number of hydrogen-bond acceptors (Lipinski definition) is 18. The van der Waals surface area contributed by atoms with Crippen LogP contribution in [0.1, 0.15) is 374 Å². The average Bonchev–Trinajstić information content (AvgIpc) is 2.79. The fourth-order valence-electron chi connectivity index (χ4n) is 0. The van der Waals surface area contributed by atoms with Gasteiger partial charge >= 0.3 is 403 Å². The minimum absolute atomic E-state index is 0. The van der Waals surface area contributed by atoms with Gasteiger partial charge in [-0.15, -0.1) is 0 Å². The third kappa shape index (κ3) is 3820. The average molecular weight is 7510 g/mol. The fraction of sp³-hybridized carbons (Fsp3) is 1.00. The zero-order chi connectivity index (χ0) is 81.0. The van der Waals surface area contributed by atoms with Gasteiger partial charge in [-0.05, 0) is 0 Å². The van der Waals surface area contributed by atoms with Gasteiger partial charge in [-0.3, -0.25) is 0 Å². The molecule has 0 saturated carbocycles. The van der Waals surface area contributed by atoms with Crippen LogP contribution in [-0.4, -0.2) is 85.4 Å². The van der Waals surface area contributed by atoms with Gasteiger partial charge in [0.1, 0.15) is 0 Å². The van der Waals surface area contributed by atoms with Gasteiger partial charge in [0.25, 0.3) is 0 Å². The molecule has 48 heteroatoms. The van der Waals surface area contributed by atoms with Gasteiger partial charge < -0.3 is 227 Å². The summed E-state index contributed by atoms with van der Waals surface area (Å²) >= 11 is 86.9. The molecule has 0 atom stereocenters. The molecule has 0 amide bonds. The molecular weight excluding hydrogens is 7350 g/mol. The van der Waals surface area contributed by atoms with Crippen molar-refractivity contribution in [2.45, 2.75) is 459 Å². The summed E-state index contributed by atoms with van der Waals surface area (Å²) in [5, 5.41) is 0. The summed E-state index contributed by atoms with van der Waals surface area (Å²) in [6.07, 6.45) is 0. The van der Waals surface area contributed by atoms with E-state index in [1.165, 1.54) is 0 Å². The molecule has 12 radical (unpaired) electrons. The Morgan fingerprint density at radius 1 is 0.0667 bits per heavy atom. The van der Waals surface area contributed by atoms with Gasteiger partial charge in [-0.2, -0.15) is 85.4 Å². The second-order valence-corrected chi connectivity index (χ2v) is 60.1. The van der Waals surface area contributed by atoms with E-state index >= 15 is 0 Å². The maximum atomic E-state index is 4.83. The van der Waals surface area contributed by atoms with Gasteiger partial charge in [0.2, 0.25) is 0 Å². The molecule has 0 aromatic rings. The second-order valence-electron chi connectivity index (χ2n) is 38.0. The van der Waals surface area contributed by atoms with Crippen LogP contribution in [0.25, 0.3) is 0 Å². The van der Waals surface area contributed by atoms with Crippen LogP contribution in [0.5, 0.6) is 0 Å². The smallest absolute Gasteiger partial charge is 0.787 e. The molecule has 0 aliphatic rings. The molecule has 888 valence electrons. The molecule has 0 aliphatic carbocycles. The van der Waals surface area contributed by atoms with Crippen LogP contribution in [0.15, 0.2) is 0 Å². The first-order valence-electron chi connectivity index (χ1n) is 30.7. The SMILES string of the molecule is CC(C)(C)[S-].CC(C)(C)[S-].CC(C)(C)[S-].CC(C)(C)[S-].CC(C)(C)[S-].CC(C)(C)[S-].CC(C)(C)[S-].CC(C)(C)[S-].CC(C)(C)[S-].CC(C)(C)[S-].CC(C)(C)[S-].CC(C)(C)[S-].CC(C)(C)[S-].CC(C)(C)[S-].CC(C)(C)[S-].CC(C)(C)[S-].CC(C)(C)[S-].CC(C)(C)[S-].[Au+].[Au+].[Au+].[Au+].[Au+].[Au+].[Au+].[Au+].[Au+].[Au+].[Au+].[Au+].[Au+].[Au+].[Au+].[Au+].[Au+].[Au+].[Au].[Au].[Au].[Au].[Au].[Au].[Au].[Au].[Au].[Au].[Au].[Au]. The summed E-state index contributed by atoms with van der Waals surface area (Å²) in [5.41, 5.74) is 0. The largest absolute Gasteiger partial charge is 1.00 e. The van der Waals surface area contributed by atoms with Crippen LogP contribution in [0.4, 0.5) is 0 Å². The topological polar surface area (TPSA) is 0 Å². The molecule has 0 N–H and O–H groups in total. The molecule has 0 spiro atoms. The quantitative estimate of drug-likeness (QED) is 0.167. The zero-order valence-electron chi connectivity index (χ0n) is 79.4. The summed E-state index contributed by atoms with van der Waals surface area (Å²) in [4.78, 5) is 0. The second kappa shape index (κ2) is 170. The Morgan fingerprint density at radius 3 is 0.0667 bits per heavy atom. The van der Waals surface area contributed by atoms with Crippen molar-refractivity contribution >= 4 is 227 Å². The molecular formula is C72H162Au30S18. The predicted molar refractivity (Wildman–Crippen MR) is 488 cm³/mol. The van der Waals surface area contributed by atoms with E-state index in [1.807, 2.05) is 374 Å². The predicted octanol–water partition coefficient (Wildman–Crippen LogP) is 23.9. The summed E-state index contributed by atoms with van der Waals surface area (Å²) in [6, 6.07) is 0. The van der Waals surface area contributed by atoms with E-state index < -0.39 is 0 Å². The molecule has 0 aromatic heterocycles. The van der Waals surface area contributed by atoms with E-state index in [-0.39, 0.29) is 757 Å². The zero-order valence-corrected chi connectivity index (χ0v) is 159. The molecule has 0 bridgehead atoms. The first-order chi connectivity index (χ1) is 36.0. The Morgan fingerprint density at radius 2 is 0.0667 bits per heavy atom. The van der Waals surface area contributed by atoms with Crippen LogP contribution in [0, 0.1) is 0 Å². The van der Waals surface area contributed by atoms with Crippen molar-refractivity contribution in [3.05, 3.63) is 0 Å². The maximum absolute atomic E-state index is 4.83. The van der Waals surface area contributed by atoms with E-state index in [1.54, 1.807) is 0 Å². The van der Waals surface area contributed by atoms with Crippen LogP contribution in [0.3, 0.4) is 0 Å². The van der Waals surface area contributed by atoms with Crippen LogP contribution < -0.4 is 0 Å². The number of rotatable bonds is 0. The summed E-state index contributed by atoms with van der Waals surface area (Å²) in [7, 11) is 0. The molecule has 0 aromatic carbocycles. The van der Waals surface area contributed by atoms with Crippen LogP contribution in [0.2, 0.25) is 0 Å². The van der Waals surface area contributed by atoms with Gasteiger partial charge in [-0.25, -0.2) is 0 Å². The summed E-state index contributed by atoms with van der Waals surface area (Å²) in [6.45, 7) is 108. The Balaban J connectivity index is -0.00000000980. The third-order valence-corrected chi connectivity index (χ3v) is 0. The fourth-order valence-corrected chi connectivity index (χ4v) is 0. The first-order valence-corrected chi connectivity index (χ1v) is 38.0.